The first kappa shape index (κ1) is 20.2. The van der Waals surface area contributed by atoms with Gasteiger partial charge in [0.05, 0.1) is 6.04 Å². The number of amides is 4. The summed E-state index contributed by atoms with van der Waals surface area (Å²) < 4.78 is 4.94. The van der Waals surface area contributed by atoms with Crippen LogP contribution in [-0.2, 0) is 16.1 Å². The summed E-state index contributed by atoms with van der Waals surface area (Å²) in [6.45, 7) is 0.570. The van der Waals surface area contributed by atoms with E-state index in [2.05, 4.69) is 21.3 Å². The molecular weight excluding hydrogens is 326 g/mol. The number of primary amides is 1. The number of nitrogens with one attached hydrogen (secondary N) is 4. The Morgan fingerprint density at radius 3 is 2.40 bits per heavy atom. The van der Waals surface area contributed by atoms with Crippen LogP contribution in [0.3, 0.4) is 0 Å². The number of nitrogens with two attached hydrogens (primary N) is 1. The monoisotopic (exact) mass is 351 g/mol. The van der Waals surface area contributed by atoms with E-state index in [-0.39, 0.29) is 18.6 Å². The lowest BCUT2D eigenvalue weighted by Gasteiger charge is -2.16. The van der Waals surface area contributed by atoms with E-state index < -0.39 is 12.1 Å². The molecular formula is C16H25N5O4. The first-order valence-corrected chi connectivity index (χ1v) is 7.91. The van der Waals surface area contributed by atoms with Crippen LogP contribution >= 0.6 is 0 Å². The Bertz CT molecular complexity index is 576. The van der Waals surface area contributed by atoms with E-state index >= 15 is 0 Å². The van der Waals surface area contributed by atoms with Gasteiger partial charge in [0.15, 0.2) is 0 Å². The van der Waals surface area contributed by atoms with Gasteiger partial charge in [-0.15, -0.1) is 0 Å². The molecule has 25 heavy (non-hydrogen) atoms. The van der Waals surface area contributed by atoms with Crippen LogP contribution in [0.2, 0.25) is 0 Å². The van der Waals surface area contributed by atoms with Gasteiger partial charge in [-0.3, -0.25) is 4.79 Å². The fraction of sp³-hybridized carbons (Fsp3) is 0.438. The number of carbonyl (C=O) groups excluding carboxylic acids is 3. The summed E-state index contributed by atoms with van der Waals surface area (Å²) in [7, 11) is 3.19. The molecule has 6 N–H and O–H groups in total. The van der Waals surface area contributed by atoms with Gasteiger partial charge in [0, 0.05) is 19.3 Å². The molecule has 0 spiro atoms. The number of anilines is 1. The van der Waals surface area contributed by atoms with Crippen LogP contribution in [0.25, 0.3) is 0 Å². The molecule has 0 heterocycles. The Balaban J connectivity index is 2.45. The third-order valence-electron chi connectivity index (χ3n) is 3.43. The van der Waals surface area contributed by atoms with Crippen LogP contribution < -0.4 is 27.0 Å². The van der Waals surface area contributed by atoms with Crippen molar-refractivity contribution < 1.29 is 19.1 Å². The third kappa shape index (κ3) is 8.02. The summed E-state index contributed by atoms with van der Waals surface area (Å²) in [5.74, 6) is -0.170. The predicted molar refractivity (Wildman–Crippen MR) is 94.0 cm³/mol. The second-order valence-electron chi connectivity index (χ2n) is 5.29. The fourth-order valence-electron chi connectivity index (χ4n) is 2.06. The lowest BCUT2D eigenvalue weighted by Crippen LogP contribution is -2.39. The van der Waals surface area contributed by atoms with Crippen molar-refractivity contribution in [3.8, 4) is 0 Å². The number of likely N-dealkylation sites (N-methyl/N-ethyl adjacent to an activating group) is 1. The van der Waals surface area contributed by atoms with Gasteiger partial charge in [-0.2, -0.15) is 0 Å². The van der Waals surface area contributed by atoms with Crippen molar-refractivity contribution in [1.29, 1.82) is 0 Å². The molecule has 0 aromatic heterocycles. The zero-order valence-corrected chi connectivity index (χ0v) is 14.4. The molecule has 1 aromatic carbocycles. The van der Waals surface area contributed by atoms with E-state index in [9.17, 15) is 14.4 Å². The zero-order chi connectivity index (χ0) is 18.7. The quantitative estimate of drug-likeness (QED) is 0.413. The van der Waals surface area contributed by atoms with E-state index in [0.717, 1.165) is 5.56 Å². The molecule has 9 heteroatoms. The first-order valence-electron chi connectivity index (χ1n) is 7.91. The minimum atomic E-state index is -0.578. The number of ether oxygens (including phenoxy) is 1. The SMILES string of the molecule is CNC(=O)OCc1ccc(NC(=O)C(CCCNC(N)=O)NC)cc1. The molecule has 9 nitrogen and oxygen atoms in total. The van der Waals surface area contributed by atoms with Gasteiger partial charge in [-0.25, -0.2) is 9.59 Å². The van der Waals surface area contributed by atoms with Crippen LogP contribution in [-0.4, -0.2) is 44.7 Å². The number of alkyl carbamates (subject to hydrolysis) is 1. The van der Waals surface area contributed by atoms with Gasteiger partial charge in [-0.1, -0.05) is 12.1 Å². The normalized spacial score (nSPS) is 11.3. The summed E-state index contributed by atoms with van der Waals surface area (Å²) in [5, 5.41) is 10.6. The van der Waals surface area contributed by atoms with E-state index in [4.69, 9.17) is 10.5 Å². The maximum atomic E-state index is 12.2. The van der Waals surface area contributed by atoms with Crippen LogP contribution in [0, 0.1) is 0 Å². The van der Waals surface area contributed by atoms with E-state index in [1.54, 1.807) is 31.3 Å². The second kappa shape index (κ2) is 10.9. The fourth-order valence-corrected chi connectivity index (χ4v) is 2.06. The summed E-state index contributed by atoms with van der Waals surface area (Å²) in [5.41, 5.74) is 6.44. The number of carbonyl (C=O) groups is 3. The predicted octanol–water partition coefficient (Wildman–Crippen LogP) is 0.518. The molecule has 0 fully saturated rings. The molecule has 1 unspecified atom stereocenters. The molecule has 4 amide bonds. The van der Waals surface area contributed by atoms with Gasteiger partial charge in [0.2, 0.25) is 5.91 Å². The van der Waals surface area contributed by atoms with Crippen molar-refractivity contribution >= 4 is 23.7 Å². The second-order valence-corrected chi connectivity index (χ2v) is 5.29. The molecule has 0 radical (unpaired) electrons. The smallest absolute Gasteiger partial charge is 0.407 e. The number of rotatable bonds is 9. The average molecular weight is 351 g/mol. The minimum absolute atomic E-state index is 0.153. The van der Waals surface area contributed by atoms with Gasteiger partial charge in [0.25, 0.3) is 0 Å². The van der Waals surface area contributed by atoms with Crippen molar-refractivity contribution in [3.63, 3.8) is 0 Å². The van der Waals surface area contributed by atoms with Crippen LogP contribution in [0.5, 0.6) is 0 Å². The maximum absolute atomic E-state index is 12.2. The van der Waals surface area contributed by atoms with Crippen molar-refractivity contribution in [2.75, 3.05) is 26.0 Å². The maximum Gasteiger partial charge on any atom is 0.407 e. The van der Waals surface area contributed by atoms with Crippen molar-refractivity contribution in [1.82, 2.24) is 16.0 Å². The zero-order valence-electron chi connectivity index (χ0n) is 14.4. The van der Waals surface area contributed by atoms with E-state index in [1.807, 2.05) is 0 Å². The van der Waals surface area contributed by atoms with Gasteiger partial charge in [0.1, 0.15) is 6.61 Å². The number of hydrogen-bond acceptors (Lipinski definition) is 5. The lowest BCUT2D eigenvalue weighted by molar-refractivity contribution is -0.118. The topological polar surface area (TPSA) is 135 Å². The Kier molecular flexibility index (Phi) is 8.80. The van der Waals surface area contributed by atoms with Crippen molar-refractivity contribution in [2.45, 2.75) is 25.5 Å². The van der Waals surface area contributed by atoms with Crippen molar-refractivity contribution in [2.24, 2.45) is 5.73 Å². The molecule has 0 bridgehead atoms. The van der Waals surface area contributed by atoms with E-state index in [0.29, 0.717) is 25.1 Å². The molecule has 138 valence electrons. The summed E-state index contributed by atoms with van der Waals surface area (Å²) in [6, 6.07) is 6.05. The molecule has 0 saturated carbocycles. The molecule has 0 aliphatic carbocycles. The van der Waals surface area contributed by atoms with Crippen LogP contribution in [0.1, 0.15) is 18.4 Å². The largest absolute Gasteiger partial charge is 0.445 e. The summed E-state index contributed by atoms with van der Waals surface area (Å²) >= 11 is 0. The average Bonchev–Trinajstić information content (AvgIpc) is 2.60. The number of urea groups is 1. The van der Waals surface area contributed by atoms with Gasteiger partial charge in [-0.05, 0) is 37.6 Å². The number of hydrogen-bond donors (Lipinski definition) is 5. The Morgan fingerprint density at radius 2 is 1.84 bits per heavy atom. The first-order chi connectivity index (χ1) is 12.0. The Labute approximate surface area is 146 Å². The van der Waals surface area contributed by atoms with Crippen LogP contribution in [0.15, 0.2) is 24.3 Å². The molecule has 1 rings (SSSR count). The number of benzene rings is 1. The summed E-state index contributed by atoms with van der Waals surface area (Å²) in [6.07, 6.45) is 0.679. The molecule has 1 aromatic rings. The highest BCUT2D eigenvalue weighted by Gasteiger charge is 2.16. The highest BCUT2D eigenvalue weighted by Crippen LogP contribution is 2.11. The van der Waals surface area contributed by atoms with Crippen LogP contribution in [0.4, 0.5) is 15.3 Å². The highest BCUT2D eigenvalue weighted by molar-refractivity contribution is 5.94. The van der Waals surface area contributed by atoms with E-state index in [1.165, 1.54) is 7.05 Å². The third-order valence-corrected chi connectivity index (χ3v) is 3.43. The minimum Gasteiger partial charge on any atom is -0.445 e. The lowest BCUT2D eigenvalue weighted by atomic mass is 10.1. The van der Waals surface area contributed by atoms with Gasteiger partial charge < -0.3 is 31.7 Å². The van der Waals surface area contributed by atoms with Gasteiger partial charge >= 0.3 is 12.1 Å². The Morgan fingerprint density at radius 1 is 1.16 bits per heavy atom. The Hall–Kier alpha value is -2.81. The standard InChI is InChI=1S/C16H25N5O4/c1-18-13(4-3-9-20-15(17)23)14(22)21-12-7-5-11(6-8-12)10-25-16(24)19-2/h5-8,13,18H,3-4,9-10H2,1-2H3,(H,19,24)(H,21,22)(H3,17,20,23). The molecule has 0 aliphatic heterocycles. The van der Waals surface area contributed by atoms with Crippen molar-refractivity contribution in [3.05, 3.63) is 29.8 Å². The molecule has 0 aliphatic rings. The highest BCUT2D eigenvalue weighted by atomic mass is 16.5. The molecule has 1 atom stereocenters. The summed E-state index contributed by atoms with van der Waals surface area (Å²) in [4.78, 5) is 33.9. The molecule has 0 saturated heterocycles.